The highest BCUT2D eigenvalue weighted by Gasteiger charge is 2.37. The van der Waals surface area contributed by atoms with Gasteiger partial charge in [0.05, 0.1) is 49.3 Å². The number of aryl methyl sites for hydroxylation is 2. The van der Waals surface area contributed by atoms with Crippen LogP contribution in [0.25, 0.3) is 16.8 Å². The quantitative estimate of drug-likeness (QED) is 0.177. The Bertz CT molecular complexity index is 2360. The maximum Gasteiger partial charge on any atom is 0.341 e. The molecule has 50 heavy (non-hydrogen) atoms. The van der Waals surface area contributed by atoms with Gasteiger partial charge in [-0.25, -0.2) is 14.6 Å². The average molecular weight is 712 g/mol. The van der Waals surface area contributed by atoms with E-state index >= 15 is 0 Å². The van der Waals surface area contributed by atoms with E-state index in [1.165, 1.54) is 48.6 Å². The molecular formula is C38H37N3O7S2. The predicted octanol–water partition coefficient (Wildman–Crippen LogP) is 5.83. The Labute approximate surface area is 297 Å². The summed E-state index contributed by atoms with van der Waals surface area (Å²) in [5.74, 6) is -0.154. The largest absolute Gasteiger partial charge is 0.493 e. The van der Waals surface area contributed by atoms with Gasteiger partial charge in [0.2, 0.25) is 0 Å². The minimum atomic E-state index is -0.945. The average Bonchev–Trinajstić information content (AvgIpc) is 3.70. The number of methoxy groups -OCH3 is 3. The van der Waals surface area contributed by atoms with Gasteiger partial charge in [0, 0.05) is 27.4 Å². The van der Waals surface area contributed by atoms with Crippen molar-refractivity contribution in [3.63, 3.8) is 0 Å². The van der Waals surface area contributed by atoms with E-state index in [2.05, 4.69) is 0 Å². The molecule has 6 rings (SSSR count). The molecule has 2 aromatic carbocycles. The highest BCUT2D eigenvalue weighted by molar-refractivity contribution is 7.15. The van der Waals surface area contributed by atoms with E-state index in [9.17, 15) is 14.4 Å². The molecule has 0 saturated heterocycles. The molecule has 0 spiro atoms. The van der Waals surface area contributed by atoms with Gasteiger partial charge in [-0.15, -0.1) is 11.3 Å². The zero-order chi connectivity index (χ0) is 35.9. The van der Waals surface area contributed by atoms with Crippen molar-refractivity contribution in [2.45, 2.75) is 40.7 Å². The van der Waals surface area contributed by atoms with Crippen LogP contribution in [-0.2, 0) is 14.3 Å². The van der Waals surface area contributed by atoms with Gasteiger partial charge in [0.1, 0.15) is 11.0 Å². The lowest BCUT2D eigenvalue weighted by Crippen LogP contribution is -2.40. The van der Waals surface area contributed by atoms with Gasteiger partial charge >= 0.3 is 11.9 Å². The first-order valence-electron chi connectivity index (χ1n) is 15.9. The molecule has 10 nitrogen and oxygen atoms in total. The van der Waals surface area contributed by atoms with E-state index in [1.807, 2.05) is 80.8 Å². The number of carbonyl (C=O) groups is 2. The van der Waals surface area contributed by atoms with Gasteiger partial charge in [-0.3, -0.25) is 9.36 Å². The molecule has 1 aliphatic heterocycles. The first kappa shape index (κ1) is 34.7. The first-order chi connectivity index (χ1) is 24.1. The Kier molecular flexibility index (Phi) is 9.68. The van der Waals surface area contributed by atoms with Gasteiger partial charge in [-0.2, -0.15) is 0 Å². The molecule has 0 N–H and O–H groups in total. The van der Waals surface area contributed by atoms with Gasteiger partial charge in [-0.05, 0) is 64.0 Å². The maximum atomic E-state index is 14.6. The molecule has 1 aliphatic rings. The van der Waals surface area contributed by atoms with E-state index < -0.39 is 18.0 Å². The number of hydrogen-bond donors (Lipinski definition) is 0. The lowest BCUT2D eigenvalue weighted by Gasteiger charge is -2.27. The zero-order valence-corrected chi connectivity index (χ0v) is 30.7. The van der Waals surface area contributed by atoms with E-state index in [0.717, 1.165) is 32.4 Å². The molecule has 3 aromatic heterocycles. The third kappa shape index (κ3) is 5.77. The number of carbonyl (C=O) groups excluding carboxylic acids is 2. The summed E-state index contributed by atoms with van der Waals surface area (Å²) < 4.78 is 26.2. The SMILES string of the molecule is CCOC(=O)C1=C(c2ccccc2)N=c2s/c(=C\c3cc(C)n(-c4sc(C)c(C)c4C(=O)OC)c3C)c(=O)n2[C@@H]1c1cccc(OC)c1OC. The van der Waals surface area contributed by atoms with E-state index in [-0.39, 0.29) is 17.7 Å². The second-order valence-corrected chi connectivity index (χ2v) is 13.8. The lowest BCUT2D eigenvalue weighted by atomic mass is 9.92. The van der Waals surface area contributed by atoms with Crippen molar-refractivity contribution in [2.75, 3.05) is 27.9 Å². The summed E-state index contributed by atoms with van der Waals surface area (Å²) in [7, 11) is 4.44. The summed E-state index contributed by atoms with van der Waals surface area (Å²) in [5.41, 5.74) is 5.47. The van der Waals surface area contributed by atoms with Crippen molar-refractivity contribution in [3.05, 3.63) is 124 Å². The Balaban J connectivity index is 1.64. The molecule has 0 radical (unpaired) electrons. The molecule has 0 unspecified atom stereocenters. The van der Waals surface area contributed by atoms with Crippen LogP contribution in [0.4, 0.5) is 0 Å². The highest BCUT2D eigenvalue weighted by Crippen LogP contribution is 2.42. The number of ether oxygens (including phenoxy) is 4. The second kappa shape index (κ2) is 14.0. The Morgan fingerprint density at radius 1 is 0.940 bits per heavy atom. The van der Waals surface area contributed by atoms with E-state index in [4.69, 9.17) is 23.9 Å². The summed E-state index contributed by atoms with van der Waals surface area (Å²) in [6.45, 7) is 9.68. The second-order valence-electron chi connectivity index (χ2n) is 11.6. The topological polar surface area (TPSA) is 110 Å². The summed E-state index contributed by atoms with van der Waals surface area (Å²) in [5, 5.41) is 0.764. The molecule has 4 heterocycles. The van der Waals surface area contributed by atoms with Crippen LogP contribution in [0.5, 0.6) is 11.5 Å². The van der Waals surface area contributed by atoms with Crippen molar-refractivity contribution in [2.24, 2.45) is 4.99 Å². The Morgan fingerprint density at radius 3 is 2.34 bits per heavy atom. The number of fused-ring (bicyclic) bond motifs is 1. The van der Waals surface area contributed by atoms with Gasteiger partial charge in [0.15, 0.2) is 16.3 Å². The monoisotopic (exact) mass is 711 g/mol. The number of para-hydroxylation sites is 1. The minimum Gasteiger partial charge on any atom is -0.493 e. The van der Waals surface area contributed by atoms with Crippen LogP contribution >= 0.6 is 22.7 Å². The fourth-order valence-corrected chi connectivity index (χ4v) is 8.61. The van der Waals surface area contributed by atoms with Crippen molar-refractivity contribution < 1.29 is 28.5 Å². The van der Waals surface area contributed by atoms with Crippen molar-refractivity contribution in [1.29, 1.82) is 0 Å². The van der Waals surface area contributed by atoms with Crippen LogP contribution in [0.3, 0.4) is 0 Å². The summed E-state index contributed by atoms with van der Waals surface area (Å²) in [6.07, 6.45) is 1.84. The molecule has 0 saturated carbocycles. The van der Waals surface area contributed by atoms with Gasteiger partial charge < -0.3 is 23.5 Å². The molecule has 0 amide bonds. The Hall–Kier alpha value is -5.20. The number of benzene rings is 2. The van der Waals surface area contributed by atoms with Crippen LogP contribution in [0, 0.1) is 27.7 Å². The van der Waals surface area contributed by atoms with E-state index in [0.29, 0.717) is 43.2 Å². The molecule has 12 heteroatoms. The third-order valence-electron chi connectivity index (χ3n) is 8.82. The van der Waals surface area contributed by atoms with Crippen LogP contribution in [0.2, 0.25) is 0 Å². The van der Waals surface area contributed by atoms with Gasteiger partial charge in [-0.1, -0.05) is 53.8 Å². The minimum absolute atomic E-state index is 0.132. The third-order valence-corrected chi connectivity index (χ3v) is 11.0. The van der Waals surface area contributed by atoms with Crippen LogP contribution in [-0.4, -0.2) is 49.0 Å². The molecule has 258 valence electrons. The fraction of sp³-hybridized carbons (Fsp3) is 0.263. The van der Waals surface area contributed by atoms with E-state index in [1.54, 1.807) is 19.1 Å². The lowest BCUT2D eigenvalue weighted by molar-refractivity contribution is -0.138. The van der Waals surface area contributed by atoms with Crippen molar-refractivity contribution in [3.8, 4) is 16.5 Å². The molecule has 1 atom stereocenters. The van der Waals surface area contributed by atoms with Crippen LogP contribution in [0.15, 0.2) is 70.0 Å². The number of nitrogens with zero attached hydrogens (tertiary/aromatic N) is 3. The fourth-order valence-electron chi connectivity index (χ4n) is 6.36. The molecule has 0 bridgehead atoms. The Morgan fingerprint density at radius 2 is 1.68 bits per heavy atom. The van der Waals surface area contributed by atoms with Crippen molar-refractivity contribution in [1.82, 2.24) is 9.13 Å². The highest BCUT2D eigenvalue weighted by atomic mass is 32.1. The summed E-state index contributed by atoms with van der Waals surface area (Å²) >= 11 is 2.75. The van der Waals surface area contributed by atoms with Crippen LogP contribution in [0.1, 0.15) is 61.8 Å². The van der Waals surface area contributed by atoms with Crippen molar-refractivity contribution >= 4 is 46.4 Å². The molecular weight excluding hydrogens is 675 g/mol. The zero-order valence-electron chi connectivity index (χ0n) is 29.1. The standard InChI is InChI=1S/C38H37N3O7S2/c1-9-48-37(44)30-31(24-14-11-10-12-15-24)39-38-41(32(30)26-16-13-17-27(45-6)33(26)46-7)34(42)28(50-38)19-25-18-20(2)40(22(25)4)35-29(36(43)47-8)21(3)23(5)49-35/h10-19,32H,9H2,1-8H3/b28-19-/t32-/m1/s1. The maximum absolute atomic E-state index is 14.6. The van der Waals surface area contributed by atoms with Crippen LogP contribution < -0.4 is 24.4 Å². The van der Waals surface area contributed by atoms with Gasteiger partial charge in [0.25, 0.3) is 5.56 Å². The molecule has 5 aromatic rings. The number of thiazole rings is 1. The molecule has 0 fully saturated rings. The normalized spacial score (nSPS) is 14.3. The smallest absolute Gasteiger partial charge is 0.341 e. The number of thiophene rings is 1. The first-order valence-corrected chi connectivity index (χ1v) is 17.6. The molecule has 0 aliphatic carbocycles. The number of hydrogen-bond acceptors (Lipinski definition) is 10. The summed E-state index contributed by atoms with van der Waals surface area (Å²) in [6, 6.07) is 15.8. The summed E-state index contributed by atoms with van der Waals surface area (Å²) in [4.78, 5) is 47.7. The number of rotatable bonds is 9. The number of esters is 2. The predicted molar refractivity (Wildman–Crippen MR) is 195 cm³/mol. The number of aromatic nitrogens is 2.